The van der Waals surface area contributed by atoms with Gasteiger partial charge in [0.2, 0.25) is 0 Å². The van der Waals surface area contributed by atoms with Crippen molar-refractivity contribution in [3.63, 3.8) is 0 Å². The highest BCUT2D eigenvalue weighted by atomic mass is 15.0. The summed E-state index contributed by atoms with van der Waals surface area (Å²) in [7, 11) is 0. The molecule has 258 valence electrons. The van der Waals surface area contributed by atoms with E-state index in [0.29, 0.717) is 16.7 Å². The van der Waals surface area contributed by atoms with Crippen molar-refractivity contribution in [3.05, 3.63) is 187 Å². The van der Waals surface area contributed by atoms with Gasteiger partial charge >= 0.3 is 0 Å². The molecule has 0 atom stereocenters. The van der Waals surface area contributed by atoms with E-state index in [4.69, 9.17) is 4.98 Å². The average molecular weight is 713 g/mol. The Morgan fingerprint density at radius 3 is 1.21 bits per heavy atom. The Balaban J connectivity index is 1.42. The van der Waals surface area contributed by atoms with Crippen LogP contribution in [0.4, 0.5) is 0 Å². The molecule has 0 aliphatic carbocycles. The van der Waals surface area contributed by atoms with E-state index in [1.54, 1.807) is 0 Å². The number of para-hydroxylation sites is 2. The maximum atomic E-state index is 10.8. The predicted octanol–water partition coefficient (Wildman–Crippen LogP) is 11.9. The molecular formula is C50H28N6. The Labute approximate surface area is 322 Å². The first-order valence-electron chi connectivity index (χ1n) is 18.2. The lowest BCUT2D eigenvalue weighted by Gasteiger charge is -2.22. The molecule has 0 unspecified atom stereocenters. The first kappa shape index (κ1) is 32.4. The number of fused-ring (bicyclic) bond motifs is 6. The molecule has 0 saturated carbocycles. The lowest BCUT2D eigenvalue weighted by molar-refractivity contribution is 1.13. The fourth-order valence-electron chi connectivity index (χ4n) is 8.12. The first-order chi connectivity index (χ1) is 27.6. The maximum Gasteiger partial charge on any atom is 0.0993 e. The van der Waals surface area contributed by atoms with Gasteiger partial charge in [0.05, 0.1) is 79.7 Å². The summed E-state index contributed by atoms with van der Waals surface area (Å²) in [5, 5.41) is 34.5. The van der Waals surface area contributed by atoms with Crippen LogP contribution in [-0.4, -0.2) is 14.1 Å². The second-order valence-corrected chi connectivity index (χ2v) is 13.8. The van der Waals surface area contributed by atoms with Crippen LogP contribution in [0, 0.1) is 34.0 Å². The van der Waals surface area contributed by atoms with Crippen LogP contribution in [0.5, 0.6) is 0 Å². The first-order valence-corrected chi connectivity index (χ1v) is 18.2. The summed E-state index contributed by atoms with van der Waals surface area (Å²) in [6.45, 7) is 0. The SMILES string of the molecule is N#Cc1cc(-n2c3ccccc3c3cc(C#N)ccc32)c(-c2cc(-c3ccccc3)nc(-c3ccccc3)c2)c(-n2c3ccccc3c3cc(C#N)ccc32)c1. The van der Waals surface area contributed by atoms with Crippen LogP contribution in [0.15, 0.2) is 170 Å². The van der Waals surface area contributed by atoms with E-state index >= 15 is 0 Å². The molecule has 10 aromatic rings. The summed E-state index contributed by atoms with van der Waals surface area (Å²) in [5.74, 6) is 0. The van der Waals surface area contributed by atoms with Gasteiger partial charge in [0.1, 0.15) is 0 Å². The van der Waals surface area contributed by atoms with Crippen LogP contribution in [0.3, 0.4) is 0 Å². The van der Waals surface area contributed by atoms with Crippen molar-refractivity contribution in [2.75, 3.05) is 0 Å². The quantitative estimate of drug-likeness (QED) is 0.177. The number of pyridine rings is 1. The molecule has 0 bridgehead atoms. The largest absolute Gasteiger partial charge is 0.308 e. The van der Waals surface area contributed by atoms with Crippen molar-refractivity contribution < 1.29 is 0 Å². The number of nitriles is 3. The third-order valence-electron chi connectivity index (χ3n) is 10.6. The molecule has 0 fully saturated rings. The summed E-state index contributed by atoms with van der Waals surface area (Å²) >= 11 is 0. The van der Waals surface area contributed by atoms with Gasteiger partial charge in [-0.25, -0.2) is 4.98 Å². The lowest BCUT2D eigenvalue weighted by Crippen LogP contribution is -2.05. The van der Waals surface area contributed by atoms with Crippen LogP contribution in [0.25, 0.3) is 88.6 Å². The van der Waals surface area contributed by atoms with E-state index in [1.165, 1.54) is 0 Å². The number of rotatable bonds is 5. The zero-order chi connectivity index (χ0) is 37.8. The monoisotopic (exact) mass is 712 g/mol. The molecule has 3 heterocycles. The van der Waals surface area contributed by atoms with Crippen LogP contribution < -0.4 is 0 Å². The second-order valence-electron chi connectivity index (χ2n) is 13.8. The van der Waals surface area contributed by atoms with Gasteiger partial charge in [-0.05, 0) is 78.4 Å². The van der Waals surface area contributed by atoms with Crippen molar-refractivity contribution in [2.45, 2.75) is 0 Å². The summed E-state index contributed by atoms with van der Waals surface area (Å²) < 4.78 is 4.44. The molecule has 10 rings (SSSR count). The van der Waals surface area contributed by atoms with E-state index in [-0.39, 0.29) is 0 Å². The minimum Gasteiger partial charge on any atom is -0.308 e. The van der Waals surface area contributed by atoms with Crippen LogP contribution in [-0.2, 0) is 0 Å². The number of hydrogen-bond donors (Lipinski definition) is 0. The van der Waals surface area contributed by atoms with Crippen molar-refractivity contribution >= 4 is 43.6 Å². The fourth-order valence-corrected chi connectivity index (χ4v) is 8.12. The zero-order valence-corrected chi connectivity index (χ0v) is 29.8. The predicted molar refractivity (Wildman–Crippen MR) is 223 cm³/mol. The molecule has 6 heteroatoms. The number of benzene rings is 7. The van der Waals surface area contributed by atoms with E-state index in [0.717, 1.165) is 88.6 Å². The lowest BCUT2D eigenvalue weighted by atomic mass is 9.95. The molecule has 0 spiro atoms. The molecule has 0 aliphatic heterocycles. The Bertz CT molecular complexity index is 3120. The minimum absolute atomic E-state index is 0.485. The summed E-state index contributed by atoms with van der Waals surface area (Å²) in [4.78, 5) is 5.23. The molecule has 3 aromatic heterocycles. The molecule has 6 nitrogen and oxygen atoms in total. The van der Waals surface area contributed by atoms with Gasteiger partial charge < -0.3 is 9.13 Å². The van der Waals surface area contributed by atoms with E-state index < -0.39 is 0 Å². The van der Waals surface area contributed by atoms with Crippen molar-refractivity contribution in [2.24, 2.45) is 0 Å². The Hall–Kier alpha value is -8.24. The standard InChI is InChI=1S/C50H28N6/c51-29-32-19-21-46-40(23-32)38-15-7-9-17-44(38)55(46)48-25-34(31-53)26-49(56-45-18-10-8-16-39(45)41-24-33(30-52)20-22-47(41)56)50(48)37-27-42(35-11-3-1-4-12-35)54-43(28-37)36-13-5-2-6-14-36/h1-28H. The van der Waals surface area contributed by atoms with Gasteiger partial charge in [0, 0.05) is 38.2 Å². The third-order valence-corrected chi connectivity index (χ3v) is 10.6. The van der Waals surface area contributed by atoms with E-state index in [2.05, 4.69) is 88.0 Å². The van der Waals surface area contributed by atoms with Crippen molar-refractivity contribution in [1.29, 1.82) is 15.8 Å². The topological polar surface area (TPSA) is 94.1 Å². The Morgan fingerprint density at radius 2 is 0.768 bits per heavy atom. The smallest absolute Gasteiger partial charge is 0.0993 e. The van der Waals surface area contributed by atoms with Gasteiger partial charge in [-0.15, -0.1) is 0 Å². The maximum absolute atomic E-state index is 10.8. The molecule has 0 saturated heterocycles. The second kappa shape index (κ2) is 13.0. The number of aromatic nitrogens is 3. The van der Waals surface area contributed by atoms with Crippen molar-refractivity contribution in [1.82, 2.24) is 14.1 Å². The molecule has 56 heavy (non-hydrogen) atoms. The molecule has 0 aliphatic rings. The molecular weight excluding hydrogens is 685 g/mol. The minimum atomic E-state index is 0.485. The van der Waals surface area contributed by atoms with E-state index in [9.17, 15) is 15.8 Å². The van der Waals surface area contributed by atoms with Gasteiger partial charge in [0.25, 0.3) is 0 Å². The van der Waals surface area contributed by atoms with Gasteiger partial charge in [-0.3, -0.25) is 0 Å². The summed E-state index contributed by atoms with van der Waals surface area (Å²) in [6, 6.07) is 63.7. The van der Waals surface area contributed by atoms with Gasteiger partial charge in [-0.2, -0.15) is 15.8 Å². The van der Waals surface area contributed by atoms with Gasteiger partial charge in [0.15, 0.2) is 0 Å². The highest BCUT2D eigenvalue weighted by Gasteiger charge is 2.24. The average Bonchev–Trinajstić information content (AvgIpc) is 3.78. The summed E-state index contributed by atoms with van der Waals surface area (Å²) in [5.41, 5.74) is 12.3. The zero-order valence-electron chi connectivity index (χ0n) is 29.8. The molecule has 0 amide bonds. The fraction of sp³-hybridized carbons (Fsp3) is 0. The van der Waals surface area contributed by atoms with Gasteiger partial charge in [-0.1, -0.05) is 97.1 Å². The van der Waals surface area contributed by atoms with Crippen LogP contribution in [0.2, 0.25) is 0 Å². The van der Waals surface area contributed by atoms with E-state index in [1.807, 2.05) is 109 Å². The summed E-state index contributed by atoms with van der Waals surface area (Å²) in [6.07, 6.45) is 0. The highest BCUT2D eigenvalue weighted by Crippen LogP contribution is 2.44. The number of hydrogen-bond acceptors (Lipinski definition) is 4. The molecule has 0 N–H and O–H groups in total. The Kier molecular flexibility index (Phi) is 7.53. The van der Waals surface area contributed by atoms with Crippen molar-refractivity contribution in [3.8, 4) is 63.2 Å². The molecule has 0 radical (unpaired) electrons. The van der Waals surface area contributed by atoms with Crippen LogP contribution in [0.1, 0.15) is 16.7 Å². The number of nitrogens with zero attached hydrogens (tertiary/aromatic N) is 6. The third kappa shape index (κ3) is 5.12. The van der Waals surface area contributed by atoms with Crippen LogP contribution >= 0.6 is 0 Å². The normalized spacial score (nSPS) is 11.2. The Morgan fingerprint density at radius 1 is 0.357 bits per heavy atom. The highest BCUT2D eigenvalue weighted by molar-refractivity contribution is 6.12. The molecule has 7 aromatic carbocycles.